The molecule has 0 spiro atoms. The van der Waals surface area contributed by atoms with E-state index in [9.17, 15) is 0 Å². The molecule has 0 amide bonds. The fourth-order valence-electron chi connectivity index (χ4n) is 5.20. The zero-order valence-corrected chi connectivity index (χ0v) is 22.4. The van der Waals surface area contributed by atoms with Gasteiger partial charge in [0.15, 0.2) is 0 Å². The summed E-state index contributed by atoms with van der Waals surface area (Å²) < 4.78 is 14.3. The molecule has 0 aliphatic carbocycles. The Bertz CT molecular complexity index is 1210. The molecule has 3 aromatic carbocycles. The number of benzene rings is 3. The van der Waals surface area contributed by atoms with E-state index in [2.05, 4.69) is 81.3 Å². The van der Waals surface area contributed by atoms with Crippen LogP contribution < -0.4 is 14.4 Å². The fourth-order valence-corrected chi connectivity index (χ4v) is 5.20. The summed E-state index contributed by atoms with van der Waals surface area (Å²) in [6, 6.07) is 16.9. The second kappa shape index (κ2) is 11.5. The van der Waals surface area contributed by atoms with Crippen molar-refractivity contribution in [3.8, 4) is 11.5 Å². The molecule has 0 bridgehead atoms. The summed E-state index contributed by atoms with van der Waals surface area (Å²) in [5.74, 6) is 1.84. The summed E-state index contributed by atoms with van der Waals surface area (Å²) in [5.41, 5.74) is 10.2. The van der Waals surface area contributed by atoms with Gasteiger partial charge in [-0.2, -0.15) is 0 Å². The lowest BCUT2D eigenvalue weighted by atomic mass is 10.0. The smallest absolute Gasteiger partial charge is 0.244 e. The first kappa shape index (κ1) is 25.6. The van der Waals surface area contributed by atoms with Gasteiger partial charge in [0.1, 0.15) is 36.0 Å². The van der Waals surface area contributed by atoms with Crippen molar-refractivity contribution in [1.82, 2.24) is 0 Å². The Labute approximate surface area is 216 Å². The number of ether oxygens (including phenoxy) is 2. The Morgan fingerprint density at radius 1 is 0.806 bits per heavy atom. The number of anilines is 1. The zero-order valence-electron chi connectivity index (χ0n) is 22.4. The Morgan fingerprint density at radius 3 is 1.97 bits per heavy atom. The lowest BCUT2D eigenvalue weighted by Crippen LogP contribution is -2.20. The van der Waals surface area contributed by atoms with Crippen LogP contribution in [0.15, 0.2) is 55.1 Å². The molecule has 1 aliphatic rings. The summed E-state index contributed by atoms with van der Waals surface area (Å²) in [6.07, 6.45) is 6.01. The van der Waals surface area contributed by atoms with Gasteiger partial charge < -0.3 is 9.47 Å². The van der Waals surface area contributed by atoms with E-state index in [0.29, 0.717) is 13.2 Å². The maximum absolute atomic E-state index is 6.10. The van der Waals surface area contributed by atoms with Crippen LogP contribution in [-0.4, -0.2) is 37.2 Å². The van der Waals surface area contributed by atoms with E-state index in [1.807, 2.05) is 30.3 Å². The maximum Gasteiger partial charge on any atom is 0.244 e. The molecule has 0 saturated heterocycles. The lowest BCUT2D eigenvalue weighted by molar-refractivity contribution is -0.425. The Balaban J connectivity index is 1.32. The van der Waals surface area contributed by atoms with E-state index in [-0.39, 0.29) is 0 Å². The first-order valence-electron chi connectivity index (χ1n) is 12.9. The molecule has 4 rings (SSSR count). The van der Waals surface area contributed by atoms with Crippen molar-refractivity contribution in [2.24, 2.45) is 0 Å². The van der Waals surface area contributed by atoms with Gasteiger partial charge in [-0.25, -0.2) is 9.48 Å². The number of hydrogen-bond acceptors (Lipinski definition) is 3. The third kappa shape index (κ3) is 5.99. The Morgan fingerprint density at radius 2 is 1.39 bits per heavy atom. The van der Waals surface area contributed by atoms with Crippen molar-refractivity contribution < 1.29 is 14.0 Å². The highest BCUT2D eigenvalue weighted by atomic mass is 16.5. The van der Waals surface area contributed by atoms with Gasteiger partial charge in [-0.1, -0.05) is 42.5 Å². The van der Waals surface area contributed by atoms with E-state index in [0.717, 1.165) is 43.0 Å². The van der Waals surface area contributed by atoms with Gasteiger partial charge in [0.25, 0.3) is 0 Å². The van der Waals surface area contributed by atoms with Crippen LogP contribution in [0.25, 0.3) is 6.08 Å². The van der Waals surface area contributed by atoms with Gasteiger partial charge >= 0.3 is 0 Å². The van der Waals surface area contributed by atoms with Crippen LogP contribution in [0, 0.1) is 34.6 Å². The monoisotopic (exact) mass is 483 g/mol. The van der Waals surface area contributed by atoms with Crippen LogP contribution >= 0.6 is 0 Å². The minimum Gasteiger partial charge on any atom is -0.494 e. The standard InChI is InChI=1S/C32H39N2O2/c1-7-28-10-12-29(13-11-28)35-16-8-9-17-36-30-20-26(5)32(27(6)21-30)34-15-14-33(22-34)31-24(3)18-23(2)19-25(31)4/h7,10-13,18-22H,1,8-9,14-17H2,2-6H3/q+1. The van der Waals surface area contributed by atoms with E-state index in [1.54, 1.807) is 0 Å². The van der Waals surface area contributed by atoms with E-state index < -0.39 is 0 Å². The predicted molar refractivity (Wildman–Crippen MR) is 152 cm³/mol. The first-order valence-corrected chi connectivity index (χ1v) is 12.9. The Kier molecular flexibility index (Phi) is 8.14. The highest BCUT2D eigenvalue weighted by Gasteiger charge is 2.27. The molecule has 1 aliphatic heterocycles. The summed E-state index contributed by atoms with van der Waals surface area (Å²) in [4.78, 5) is 2.39. The maximum atomic E-state index is 6.10. The molecule has 0 N–H and O–H groups in total. The molecule has 3 aromatic rings. The largest absolute Gasteiger partial charge is 0.494 e. The van der Waals surface area contributed by atoms with E-state index >= 15 is 0 Å². The molecule has 0 unspecified atom stereocenters. The van der Waals surface area contributed by atoms with Gasteiger partial charge in [0.2, 0.25) is 6.34 Å². The van der Waals surface area contributed by atoms with Crippen LogP contribution in [0.1, 0.15) is 46.2 Å². The van der Waals surface area contributed by atoms with Gasteiger partial charge in [-0.3, -0.25) is 0 Å². The predicted octanol–water partition coefficient (Wildman–Crippen LogP) is 7.30. The van der Waals surface area contributed by atoms with Crippen molar-refractivity contribution in [2.45, 2.75) is 47.5 Å². The second-order valence-electron chi connectivity index (χ2n) is 9.83. The highest BCUT2D eigenvalue weighted by molar-refractivity contribution is 5.82. The number of nitrogens with zero attached hydrogens (tertiary/aromatic N) is 2. The molecule has 0 fully saturated rings. The number of unbranched alkanes of at least 4 members (excludes halogenated alkanes) is 1. The minimum absolute atomic E-state index is 0.687. The van der Waals surface area contributed by atoms with Gasteiger partial charge in [-0.05, 0) is 99.5 Å². The van der Waals surface area contributed by atoms with Gasteiger partial charge in [-0.15, -0.1) is 0 Å². The molecule has 0 saturated carbocycles. The van der Waals surface area contributed by atoms with Crippen LogP contribution in [0.4, 0.5) is 11.4 Å². The van der Waals surface area contributed by atoms with Gasteiger partial charge in [0.05, 0.1) is 13.2 Å². The molecule has 36 heavy (non-hydrogen) atoms. The average molecular weight is 484 g/mol. The lowest BCUT2D eigenvalue weighted by Gasteiger charge is -2.14. The number of aryl methyl sites for hydroxylation is 5. The van der Waals surface area contributed by atoms with Crippen molar-refractivity contribution in [1.29, 1.82) is 0 Å². The summed E-state index contributed by atoms with van der Waals surface area (Å²) in [7, 11) is 0. The summed E-state index contributed by atoms with van der Waals surface area (Å²) in [6.45, 7) is 18.1. The first-order chi connectivity index (χ1) is 17.4. The van der Waals surface area contributed by atoms with Crippen LogP contribution in [0.5, 0.6) is 11.5 Å². The number of rotatable bonds is 10. The third-order valence-electron chi connectivity index (χ3n) is 6.73. The fraction of sp³-hybridized carbons (Fsp3) is 0.344. The van der Waals surface area contributed by atoms with Crippen molar-refractivity contribution in [2.75, 3.05) is 31.2 Å². The quantitative estimate of drug-likeness (QED) is 0.223. The molecular formula is C32H39N2O2+. The zero-order chi connectivity index (χ0) is 25.7. The average Bonchev–Trinajstić information content (AvgIpc) is 3.29. The van der Waals surface area contributed by atoms with Crippen molar-refractivity contribution in [3.05, 3.63) is 88.5 Å². The van der Waals surface area contributed by atoms with E-state index in [1.165, 1.54) is 39.2 Å². The Hall–Kier alpha value is -3.53. The summed E-state index contributed by atoms with van der Waals surface area (Å²) >= 11 is 0. The highest BCUT2D eigenvalue weighted by Crippen LogP contribution is 2.32. The molecule has 0 atom stereocenters. The molecule has 0 aromatic heterocycles. The topological polar surface area (TPSA) is 24.7 Å². The molecule has 0 radical (unpaired) electrons. The molecular weight excluding hydrogens is 444 g/mol. The van der Waals surface area contributed by atoms with Crippen molar-refractivity contribution >= 4 is 23.8 Å². The van der Waals surface area contributed by atoms with Crippen molar-refractivity contribution in [3.63, 3.8) is 0 Å². The molecule has 4 nitrogen and oxygen atoms in total. The summed E-state index contributed by atoms with van der Waals surface area (Å²) in [5, 5.41) is 0. The van der Waals surface area contributed by atoms with Crippen LogP contribution in [-0.2, 0) is 0 Å². The molecule has 1 heterocycles. The minimum atomic E-state index is 0.687. The van der Waals surface area contributed by atoms with Crippen LogP contribution in [0.2, 0.25) is 0 Å². The normalized spacial score (nSPS) is 13.0. The third-order valence-corrected chi connectivity index (χ3v) is 6.73. The van der Waals surface area contributed by atoms with Gasteiger partial charge in [0, 0.05) is 0 Å². The van der Waals surface area contributed by atoms with Crippen LogP contribution in [0.3, 0.4) is 0 Å². The molecule has 188 valence electrons. The second-order valence-corrected chi connectivity index (χ2v) is 9.83. The number of hydrogen-bond donors (Lipinski definition) is 0. The van der Waals surface area contributed by atoms with E-state index in [4.69, 9.17) is 9.47 Å². The molecule has 4 heteroatoms. The SMILES string of the molecule is C=Cc1ccc(OCCCCOc2cc(C)c([N+]3=CN(c4c(C)cc(C)cc4C)CC3)c(C)c2)cc1.